The van der Waals surface area contributed by atoms with Crippen LogP contribution in [0.4, 0.5) is 0 Å². The Kier molecular flexibility index (Phi) is 8.82. The Morgan fingerprint density at radius 1 is 1.15 bits per heavy atom. The van der Waals surface area contributed by atoms with Crippen LogP contribution in [0.1, 0.15) is 45.4 Å². The lowest BCUT2D eigenvalue weighted by molar-refractivity contribution is -0.140. The Hall–Kier alpha value is -1.68. The van der Waals surface area contributed by atoms with Crippen molar-refractivity contribution in [1.82, 2.24) is 0 Å². The topological polar surface area (TPSA) is 52.6 Å². The molecule has 2 rings (SSSR count). The number of hydrogen-bond acceptors (Lipinski definition) is 4. The molecule has 0 heterocycles. The molecule has 2 unspecified atom stereocenters. The molecule has 0 aliphatic heterocycles. The first kappa shape index (κ1) is 20.6. The molecule has 0 aromatic heterocycles. The van der Waals surface area contributed by atoms with Gasteiger partial charge in [0, 0.05) is 19.4 Å². The number of rotatable bonds is 12. The van der Waals surface area contributed by atoms with Gasteiger partial charge in [-0.15, -0.1) is 0 Å². The minimum atomic E-state index is -0.143. The summed E-state index contributed by atoms with van der Waals surface area (Å²) >= 11 is 0. The number of carbonyl (C=O) groups excluding carboxylic acids is 2. The number of fused-ring (bicyclic) bond motifs is 2. The lowest BCUT2D eigenvalue weighted by Crippen LogP contribution is -2.17. The zero-order valence-electron chi connectivity index (χ0n) is 16.1. The van der Waals surface area contributed by atoms with Gasteiger partial charge in [-0.25, -0.2) is 0 Å². The fourth-order valence-electron chi connectivity index (χ4n) is 4.04. The first-order chi connectivity index (χ1) is 12.7. The Labute approximate surface area is 157 Å². The largest absolute Gasteiger partial charge is 0.469 e. The number of methoxy groups -OCH3 is 1. The van der Waals surface area contributed by atoms with Gasteiger partial charge in [-0.1, -0.05) is 30.4 Å². The minimum Gasteiger partial charge on any atom is -0.469 e. The third kappa shape index (κ3) is 6.24. The molecule has 26 heavy (non-hydrogen) atoms. The summed E-state index contributed by atoms with van der Waals surface area (Å²) in [5, 5.41) is 0. The number of hydrogen-bond donors (Lipinski definition) is 0. The minimum absolute atomic E-state index is 0.143. The SMILES string of the molecule is CCOCCC(=O)C=CC1C(C/C=C\CCCC(=O)OC)[C@H]2C=C[C@H]1C2. The molecule has 1 saturated carbocycles. The number of esters is 1. The van der Waals surface area contributed by atoms with Gasteiger partial charge < -0.3 is 9.47 Å². The Bertz CT molecular complexity index is 546. The fourth-order valence-corrected chi connectivity index (χ4v) is 4.04. The van der Waals surface area contributed by atoms with E-state index in [0.717, 1.165) is 19.3 Å². The van der Waals surface area contributed by atoms with Crippen molar-refractivity contribution in [3.63, 3.8) is 0 Å². The van der Waals surface area contributed by atoms with E-state index in [0.29, 0.717) is 49.7 Å². The van der Waals surface area contributed by atoms with E-state index < -0.39 is 0 Å². The van der Waals surface area contributed by atoms with E-state index in [2.05, 4.69) is 35.1 Å². The van der Waals surface area contributed by atoms with Crippen LogP contribution in [-0.2, 0) is 19.1 Å². The number of carbonyl (C=O) groups is 2. The lowest BCUT2D eigenvalue weighted by Gasteiger charge is -2.24. The highest BCUT2D eigenvalue weighted by molar-refractivity contribution is 5.89. The fraction of sp³-hybridized carbons (Fsp3) is 0.636. The molecule has 2 bridgehead atoms. The summed E-state index contributed by atoms with van der Waals surface area (Å²) in [6, 6.07) is 0. The molecule has 0 amide bonds. The van der Waals surface area contributed by atoms with Crippen LogP contribution >= 0.6 is 0 Å². The van der Waals surface area contributed by atoms with Gasteiger partial charge in [0.05, 0.1) is 13.7 Å². The highest BCUT2D eigenvalue weighted by Gasteiger charge is 2.42. The maximum absolute atomic E-state index is 12.0. The van der Waals surface area contributed by atoms with E-state index in [1.165, 1.54) is 13.5 Å². The van der Waals surface area contributed by atoms with Crippen LogP contribution in [0, 0.1) is 23.7 Å². The maximum Gasteiger partial charge on any atom is 0.305 e. The van der Waals surface area contributed by atoms with Gasteiger partial charge in [0.25, 0.3) is 0 Å². The van der Waals surface area contributed by atoms with Crippen LogP contribution in [0.2, 0.25) is 0 Å². The van der Waals surface area contributed by atoms with Gasteiger partial charge in [-0.3, -0.25) is 9.59 Å². The molecule has 0 aromatic carbocycles. The predicted molar refractivity (Wildman–Crippen MR) is 103 cm³/mol. The van der Waals surface area contributed by atoms with E-state index >= 15 is 0 Å². The highest BCUT2D eigenvalue weighted by Crippen LogP contribution is 2.50. The van der Waals surface area contributed by atoms with Crippen molar-refractivity contribution in [2.75, 3.05) is 20.3 Å². The van der Waals surface area contributed by atoms with Gasteiger partial charge in [-0.2, -0.15) is 0 Å². The molecule has 2 aliphatic carbocycles. The summed E-state index contributed by atoms with van der Waals surface area (Å²) in [5.41, 5.74) is 0. The van der Waals surface area contributed by atoms with Crippen molar-refractivity contribution >= 4 is 11.8 Å². The van der Waals surface area contributed by atoms with E-state index in [9.17, 15) is 9.59 Å². The summed E-state index contributed by atoms with van der Waals surface area (Å²) in [4.78, 5) is 23.1. The third-order valence-corrected chi connectivity index (χ3v) is 5.44. The summed E-state index contributed by atoms with van der Waals surface area (Å²) in [6.07, 6.45) is 17.9. The number of unbranched alkanes of at least 4 members (excludes halogenated alkanes) is 1. The molecule has 0 spiro atoms. The van der Waals surface area contributed by atoms with Crippen LogP contribution in [0.25, 0.3) is 0 Å². The molecular weight excluding hydrogens is 328 g/mol. The van der Waals surface area contributed by atoms with E-state index in [1.807, 2.05) is 6.92 Å². The van der Waals surface area contributed by atoms with Gasteiger partial charge >= 0.3 is 5.97 Å². The average molecular weight is 360 g/mol. The van der Waals surface area contributed by atoms with Gasteiger partial charge in [0.1, 0.15) is 0 Å². The molecule has 4 nitrogen and oxygen atoms in total. The van der Waals surface area contributed by atoms with Crippen LogP contribution < -0.4 is 0 Å². The molecule has 0 aromatic rings. The Morgan fingerprint density at radius 2 is 1.96 bits per heavy atom. The third-order valence-electron chi connectivity index (χ3n) is 5.44. The second-order valence-electron chi connectivity index (χ2n) is 7.14. The van der Waals surface area contributed by atoms with Gasteiger partial charge in [0.15, 0.2) is 5.78 Å². The predicted octanol–water partition coefficient (Wildman–Crippen LogP) is 4.27. The normalized spacial score (nSPS) is 27.0. The molecular formula is C22H32O4. The first-order valence-electron chi connectivity index (χ1n) is 9.84. The van der Waals surface area contributed by atoms with E-state index in [4.69, 9.17) is 4.74 Å². The van der Waals surface area contributed by atoms with E-state index in [-0.39, 0.29) is 11.8 Å². The van der Waals surface area contributed by atoms with Crippen molar-refractivity contribution < 1.29 is 19.1 Å². The smallest absolute Gasteiger partial charge is 0.305 e. The zero-order chi connectivity index (χ0) is 18.8. The van der Waals surface area contributed by atoms with Crippen LogP contribution in [-0.4, -0.2) is 32.1 Å². The molecule has 1 fully saturated rings. The lowest BCUT2D eigenvalue weighted by atomic mass is 9.80. The summed E-state index contributed by atoms with van der Waals surface area (Å²) in [6.45, 7) is 3.10. The molecule has 4 heteroatoms. The molecule has 0 radical (unpaired) electrons. The molecule has 2 aliphatic rings. The zero-order valence-corrected chi connectivity index (χ0v) is 16.1. The highest BCUT2D eigenvalue weighted by atomic mass is 16.5. The molecule has 0 N–H and O–H groups in total. The quantitative estimate of drug-likeness (QED) is 0.226. The molecule has 4 atom stereocenters. The van der Waals surface area contributed by atoms with Crippen LogP contribution in [0.5, 0.6) is 0 Å². The van der Waals surface area contributed by atoms with Gasteiger partial charge in [0.2, 0.25) is 0 Å². The second kappa shape index (κ2) is 11.1. The summed E-state index contributed by atoms with van der Waals surface area (Å²) in [5.74, 6) is 2.26. The number of allylic oxidation sites excluding steroid dienone is 6. The van der Waals surface area contributed by atoms with Crippen molar-refractivity contribution in [3.05, 3.63) is 36.5 Å². The first-order valence-corrected chi connectivity index (χ1v) is 9.84. The maximum atomic E-state index is 12.0. The second-order valence-corrected chi connectivity index (χ2v) is 7.14. The van der Waals surface area contributed by atoms with Crippen molar-refractivity contribution in [2.45, 2.75) is 45.4 Å². The number of ketones is 1. The molecule has 0 saturated heterocycles. The average Bonchev–Trinajstić information content (AvgIpc) is 3.24. The summed E-state index contributed by atoms with van der Waals surface area (Å²) < 4.78 is 9.90. The van der Waals surface area contributed by atoms with Crippen molar-refractivity contribution in [2.24, 2.45) is 23.7 Å². The molecule has 144 valence electrons. The monoisotopic (exact) mass is 360 g/mol. The van der Waals surface area contributed by atoms with Crippen molar-refractivity contribution in [1.29, 1.82) is 0 Å². The summed E-state index contributed by atoms with van der Waals surface area (Å²) in [7, 11) is 1.43. The van der Waals surface area contributed by atoms with Crippen LogP contribution in [0.15, 0.2) is 36.5 Å². The van der Waals surface area contributed by atoms with Gasteiger partial charge in [-0.05, 0) is 62.4 Å². The van der Waals surface area contributed by atoms with Crippen LogP contribution in [0.3, 0.4) is 0 Å². The Morgan fingerprint density at radius 3 is 2.73 bits per heavy atom. The van der Waals surface area contributed by atoms with Crippen molar-refractivity contribution in [3.8, 4) is 0 Å². The Balaban J connectivity index is 1.78. The standard InChI is InChI=1S/C22H32O4/c1-3-26-15-14-19(23)12-13-21-18-11-10-17(16-18)20(21)8-6-4-5-7-9-22(24)25-2/h4,6,10-13,17-18,20-21H,3,5,7-9,14-16H2,1-2H3/b6-4-,13-12?/t17-,18-,20?,21?/m0/s1. The number of ether oxygens (including phenoxy) is 2. The van der Waals surface area contributed by atoms with E-state index in [1.54, 1.807) is 6.08 Å².